The number of hydrogen-bond donors (Lipinski definition) is 1. The van der Waals surface area contributed by atoms with Crippen LogP contribution in [0.15, 0.2) is 48.7 Å². The first-order valence-corrected chi connectivity index (χ1v) is 11.9. The molecule has 1 unspecified atom stereocenters. The zero-order valence-electron chi connectivity index (χ0n) is 19.6. The van der Waals surface area contributed by atoms with E-state index in [1.807, 2.05) is 0 Å². The van der Waals surface area contributed by atoms with Crippen LogP contribution in [0.5, 0.6) is 0 Å². The van der Waals surface area contributed by atoms with Gasteiger partial charge >= 0.3 is 18.5 Å². The van der Waals surface area contributed by atoms with Crippen molar-refractivity contribution in [3.8, 4) is 0 Å². The number of Topliss-reactive ketones (excluding diaryl/α,β-unsaturated/α-hetero) is 1. The first-order valence-electron chi connectivity index (χ1n) is 10.8. The molecule has 4 nitrogen and oxygen atoms in total. The minimum atomic E-state index is -5.28. The summed E-state index contributed by atoms with van der Waals surface area (Å²) in [6.07, 6.45) is -14.6. The Bertz CT molecular complexity index is 1460. The fourth-order valence-electron chi connectivity index (χ4n) is 3.40. The molecule has 41 heavy (non-hydrogen) atoms. The van der Waals surface area contributed by atoms with Gasteiger partial charge in [-0.3, -0.25) is 4.79 Å². The van der Waals surface area contributed by atoms with E-state index in [-0.39, 0.29) is 27.2 Å². The van der Waals surface area contributed by atoms with Crippen LogP contribution < -0.4 is 5.32 Å². The Hall–Kier alpha value is -3.10. The SMILES string of the molecule is O=C(CNc1nccc(C(F)(F)F)n1)c1ccc(/C(F)=C/C(c2cc(Cl)c(Cl)c(Cl)c2)C(F)(F)F)cc1C(F)(F)F. The normalized spacial score (nSPS) is 13.7. The number of allylic oxidation sites excluding steroid dienone is 1. The van der Waals surface area contributed by atoms with Crippen molar-refractivity contribution in [3.05, 3.63) is 91.7 Å². The molecule has 0 bridgehead atoms. The van der Waals surface area contributed by atoms with Gasteiger partial charge in [0.2, 0.25) is 5.95 Å². The van der Waals surface area contributed by atoms with Crippen LogP contribution in [0.2, 0.25) is 15.1 Å². The summed E-state index contributed by atoms with van der Waals surface area (Å²) in [4.78, 5) is 19.1. The molecule has 220 valence electrons. The highest BCUT2D eigenvalue weighted by Crippen LogP contribution is 2.43. The zero-order valence-corrected chi connectivity index (χ0v) is 21.9. The number of benzene rings is 2. The highest BCUT2D eigenvalue weighted by atomic mass is 35.5. The van der Waals surface area contributed by atoms with Crippen LogP contribution in [0.3, 0.4) is 0 Å². The lowest BCUT2D eigenvalue weighted by Gasteiger charge is -2.19. The smallest absolute Gasteiger partial charge is 0.347 e. The third-order valence-corrected chi connectivity index (χ3v) is 6.48. The molecule has 0 saturated carbocycles. The van der Waals surface area contributed by atoms with Crippen LogP contribution in [0.25, 0.3) is 5.83 Å². The van der Waals surface area contributed by atoms with Gasteiger partial charge < -0.3 is 5.32 Å². The summed E-state index contributed by atoms with van der Waals surface area (Å²) in [6, 6.07) is 3.32. The molecule has 1 N–H and O–H groups in total. The maximum Gasteiger partial charge on any atom is 0.433 e. The first kappa shape index (κ1) is 32.4. The molecule has 0 aliphatic rings. The molecule has 17 heteroatoms. The summed E-state index contributed by atoms with van der Waals surface area (Å²) in [5, 5.41) is 1.02. The second-order valence-electron chi connectivity index (χ2n) is 8.13. The number of ketones is 1. The van der Waals surface area contributed by atoms with E-state index in [0.29, 0.717) is 24.4 Å². The number of nitrogens with zero attached hydrogens (tertiary/aromatic N) is 2. The van der Waals surface area contributed by atoms with Gasteiger partial charge in [0.25, 0.3) is 0 Å². The number of carbonyl (C=O) groups excluding carboxylic acids is 1. The molecule has 0 amide bonds. The first-order chi connectivity index (χ1) is 18.8. The number of rotatable bonds is 7. The van der Waals surface area contributed by atoms with Gasteiger partial charge in [-0.25, -0.2) is 14.4 Å². The minimum absolute atomic E-state index is 0.000584. The number of alkyl halides is 9. The Kier molecular flexibility index (Phi) is 9.50. The topological polar surface area (TPSA) is 54.9 Å². The number of anilines is 1. The lowest BCUT2D eigenvalue weighted by Crippen LogP contribution is -2.21. The summed E-state index contributed by atoms with van der Waals surface area (Å²) in [5.74, 6) is -6.46. The van der Waals surface area contributed by atoms with E-state index in [2.05, 4.69) is 15.3 Å². The summed E-state index contributed by atoms with van der Waals surface area (Å²) in [7, 11) is 0. The molecular formula is C24H12Cl3F10N3O. The van der Waals surface area contributed by atoms with Crippen molar-refractivity contribution in [2.24, 2.45) is 0 Å². The molecule has 0 spiro atoms. The Labute approximate surface area is 238 Å². The van der Waals surface area contributed by atoms with Crippen molar-refractivity contribution in [2.45, 2.75) is 24.4 Å². The third-order valence-electron chi connectivity index (χ3n) is 5.29. The van der Waals surface area contributed by atoms with Crippen LogP contribution in [0.4, 0.5) is 49.9 Å². The molecule has 0 radical (unpaired) electrons. The molecule has 1 aromatic heterocycles. The van der Waals surface area contributed by atoms with Crippen molar-refractivity contribution in [1.82, 2.24) is 9.97 Å². The van der Waals surface area contributed by atoms with E-state index in [4.69, 9.17) is 34.8 Å². The van der Waals surface area contributed by atoms with Crippen LogP contribution in [-0.4, -0.2) is 28.5 Å². The lowest BCUT2D eigenvalue weighted by molar-refractivity contribution is -0.141. The van der Waals surface area contributed by atoms with Gasteiger partial charge in [-0.15, -0.1) is 0 Å². The summed E-state index contributed by atoms with van der Waals surface area (Å²) >= 11 is 17.2. The van der Waals surface area contributed by atoms with E-state index in [9.17, 15) is 48.7 Å². The quantitative estimate of drug-likeness (QED) is 0.157. The second kappa shape index (κ2) is 12.0. The molecule has 0 fully saturated rings. The molecule has 3 rings (SSSR count). The lowest BCUT2D eigenvalue weighted by atomic mass is 9.95. The Balaban J connectivity index is 1.96. The Morgan fingerprint density at radius 2 is 1.51 bits per heavy atom. The van der Waals surface area contributed by atoms with Gasteiger partial charge in [0.05, 0.1) is 27.2 Å². The van der Waals surface area contributed by atoms with E-state index >= 15 is 0 Å². The Morgan fingerprint density at radius 3 is 2.05 bits per heavy atom. The van der Waals surface area contributed by atoms with Crippen molar-refractivity contribution >= 4 is 52.4 Å². The van der Waals surface area contributed by atoms with Crippen molar-refractivity contribution < 1.29 is 48.7 Å². The monoisotopic (exact) mass is 653 g/mol. The second-order valence-corrected chi connectivity index (χ2v) is 9.32. The zero-order chi connectivity index (χ0) is 30.9. The van der Waals surface area contributed by atoms with Gasteiger partial charge in [0.1, 0.15) is 17.4 Å². The predicted molar refractivity (Wildman–Crippen MR) is 131 cm³/mol. The number of carbonyl (C=O) groups is 1. The van der Waals surface area contributed by atoms with E-state index in [1.165, 1.54) is 0 Å². The number of hydrogen-bond acceptors (Lipinski definition) is 4. The fourth-order valence-corrected chi connectivity index (χ4v) is 4.02. The largest absolute Gasteiger partial charge is 0.433 e. The predicted octanol–water partition coefficient (Wildman–Crippen LogP) is 9.43. The highest BCUT2D eigenvalue weighted by molar-refractivity contribution is 6.48. The molecule has 2 aromatic carbocycles. The molecule has 0 aliphatic heterocycles. The fraction of sp³-hybridized carbons (Fsp3) is 0.208. The average Bonchev–Trinajstić information content (AvgIpc) is 2.86. The van der Waals surface area contributed by atoms with Crippen LogP contribution in [-0.2, 0) is 12.4 Å². The highest BCUT2D eigenvalue weighted by Gasteiger charge is 2.41. The van der Waals surface area contributed by atoms with Gasteiger partial charge in [-0.05, 0) is 35.9 Å². The van der Waals surface area contributed by atoms with E-state index in [1.54, 1.807) is 0 Å². The summed E-state index contributed by atoms with van der Waals surface area (Å²) < 4.78 is 136. The van der Waals surface area contributed by atoms with Crippen LogP contribution in [0.1, 0.15) is 38.7 Å². The maximum atomic E-state index is 15.0. The maximum absolute atomic E-state index is 15.0. The van der Waals surface area contributed by atoms with Crippen molar-refractivity contribution in [2.75, 3.05) is 11.9 Å². The Morgan fingerprint density at radius 1 is 0.902 bits per heavy atom. The molecule has 1 heterocycles. The minimum Gasteiger partial charge on any atom is -0.347 e. The van der Waals surface area contributed by atoms with Gasteiger partial charge in [-0.1, -0.05) is 46.9 Å². The molecule has 0 saturated heterocycles. The van der Waals surface area contributed by atoms with Crippen LogP contribution >= 0.6 is 34.8 Å². The molecule has 1 atom stereocenters. The van der Waals surface area contributed by atoms with Crippen molar-refractivity contribution in [1.29, 1.82) is 0 Å². The van der Waals surface area contributed by atoms with Crippen LogP contribution in [0, 0.1) is 0 Å². The van der Waals surface area contributed by atoms with Gasteiger partial charge in [-0.2, -0.15) is 39.5 Å². The van der Waals surface area contributed by atoms with Crippen molar-refractivity contribution in [3.63, 3.8) is 0 Å². The number of nitrogens with one attached hydrogen (secondary N) is 1. The average molecular weight is 655 g/mol. The summed E-state index contributed by atoms with van der Waals surface area (Å²) in [6.45, 7) is -1.00. The molecular weight excluding hydrogens is 643 g/mol. The third kappa shape index (κ3) is 8.01. The van der Waals surface area contributed by atoms with Gasteiger partial charge in [0, 0.05) is 17.3 Å². The number of halogens is 13. The standard InChI is InChI=1S/C24H12Cl3F10N3O/c25-15-6-11(7-16(26)20(15)27)13(22(29,30)31)8-17(28)10-1-2-12(14(5-10)23(32,33)34)18(41)9-39-21-38-4-3-19(40-21)24(35,36)37/h1-8,13H,9H2,(H,38,39,40)/b17-8-. The molecule has 0 aliphatic carbocycles. The van der Waals surface area contributed by atoms with Gasteiger partial charge in [0.15, 0.2) is 5.78 Å². The molecule has 3 aromatic rings. The number of aromatic nitrogens is 2. The van der Waals surface area contributed by atoms with E-state index in [0.717, 1.165) is 12.1 Å². The van der Waals surface area contributed by atoms with E-state index < -0.39 is 76.5 Å². The summed E-state index contributed by atoms with van der Waals surface area (Å²) in [5.41, 5.74) is -5.75.